The molecule has 10 nitrogen and oxygen atoms in total. The van der Waals surface area contributed by atoms with E-state index in [0.717, 1.165) is 11.1 Å². The average molecular weight is 779 g/mol. The average Bonchev–Trinajstić information content (AvgIpc) is 3.28. The molecule has 0 heterocycles. The van der Waals surface area contributed by atoms with Crippen LogP contribution in [0.3, 0.4) is 0 Å². The van der Waals surface area contributed by atoms with Crippen molar-refractivity contribution in [1.29, 1.82) is 0 Å². The van der Waals surface area contributed by atoms with Gasteiger partial charge in [-0.3, -0.25) is 0 Å². The Hall–Kier alpha value is -6.88. The van der Waals surface area contributed by atoms with Crippen LogP contribution in [0.1, 0.15) is 52.6 Å². The molecule has 6 aromatic carbocycles. The number of ether oxygens (including phenoxy) is 6. The molecule has 0 spiro atoms. The zero-order valence-electron chi connectivity index (χ0n) is 31.5. The van der Waals surface area contributed by atoms with Crippen molar-refractivity contribution in [3.8, 4) is 0 Å². The van der Waals surface area contributed by atoms with Gasteiger partial charge in [-0.2, -0.15) is 0 Å². The molecule has 0 aliphatic rings. The maximum absolute atomic E-state index is 14.1. The third-order valence-corrected chi connectivity index (χ3v) is 8.89. The minimum atomic E-state index is -1.63. The van der Waals surface area contributed by atoms with E-state index < -0.39 is 48.3 Å². The number of benzene rings is 6. The summed E-state index contributed by atoms with van der Waals surface area (Å²) in [5, 5.41) is 0. The fourth-order valence-corrected chi connectivity index (χ4v) is 5.93. The summed E-state index contributed by atoms with van der Waals surface area (Å²) in [5.74, 6) is -3.18. The van der Waals surface area contributed by atoms with Gasteiger partial charge in [0.2, 0.25) is 0 Å². The first-order valence-corrected chi connectivity index (χ1v) is 18.7. The van der Waals surface area contributed by atoms with E-state index >= 15 is 0 Å². The van der Waals surface area contributed by atoms with Crippen LogP contribution in [0, 0.1) is 0 Å². The van der Waals surface area contributed by atoms with Crippen molar-refractivity contribution < 1.29 is 47.6 Å². The summed E-state index contributed by atoms with van der Waals surface area (Å²) >= 11 is 0. The van der Waals surface area contributed by atoms with Crippen molar-refractivity contribution in [2.75, 3.05) is 13.2 Å². The predicted molar refractivity (Wildman–Crippen MR) is 215 cm³/mol. The molecule has 0 aliphatic heterocycles. The molecule has 0 aliphatic carbocycles. The maximum atomic E-state index is 14.1. The molecule has 0 fully saturated rings. The second kappa shape index (κ2) is 21.4. The van der Waals surface area contributed by atoms with Gasteiger partial charge in [-0.1, -0.05) is 133 Å². The Morgan fingerprint density at radius 2 is 0.569 bits per heavy atom. The first-order valence-electron chi connectivity index (χ1n) is 18.7. The summed E-state index contributed by atoms with van der Waals surface area (Å²) in [7, 11) is 0. The van der Waals surface area contributed by atoms with Gasteiger partial charge >= 0.3 is 23.9 Å². The fourth-order valence-electron chi connectivity index (χ4n) is 5.93. The van der Waals surface area contributed by atoms with Gasteiger partial charge in [0.05, 0.1) is 48.7 Å². The van der Waals surface area contributed by atoms with Crippen LogP contribution in [-0.2, 0) is 41.6 Å². The van der Waals surface area contributed by atoms with Crippen molar-refractivity contribution >= 4 is 23.9 Å². The molecule has 4 atom stereocenters. The smallest absolute Gasteiger partial charge is 0.338 e. The van der Waals surface area contributed by atoms with E-state index in [9.17, 15) is 19.2 Å². The molecule has 0 saturated heterocycles. The highest BCUT2D eigenvalue weighted by Crippen LogP contribution is 2.25. The third-order valence-electron chi connectivity index (χ3n) is 8.89. The normalized spacial score (nSPS) is 12.9. The second-order valence-electron chi connectivity index (χ2n) is 13.1. The zero-order valence-corrected chi connectivity index (χ0v) is 31.5. The number of carbonyl (C=O) groups excluding carboxylic acids is 4. The predicted octanol–water partition coefficient (Wildman–Crippen LogP) is 8.32. The van der Waals surface area contributed by atoms with E-state index in [1.165, 1.54) is 0 Å². The molecule has 0 bridgehead atoms. The highest BCUT2D eigenvalue weighted by molar-refractivity contribution is 5.92. The van der Waals surface area contributed by atoms with Crippen LogP contribution in [0.2, 0.25) is 0 Å². The molecule has 0 amide bonds. The van der Waals surface area contributed by atoms with Gasteiger partial charge in [0.15, 0.2) is 24.4 Å². The molecule has 294 valence electrons. The topological polar surface area (TPSA) is 124 Å². The van der Waals surface area contributed by atoms with E-state index in [-0.39, 0.29) is 48.7 Å². The van der Waals surface area contributed by atoms with Gasteiger partial charge < -0.3 is 28.4 Å². The Labute approximate surface area is 336 Å². The molecule has 58 heavy (non-hydrogen) atoms. The van der Waals surface area contributed by atoms with Crippen molar-refractivity contribution in [1.82, 2.24) is 0 Å². The van der Waals surface area contributed by atoms with Crippen LogP contribution in [-0.4, -0.2) is 61.5 Å². The van der Waals surface area contributed by atoms with Crippen LogP contribution < -0.4 is 0 Å². The standard InChI is InChI=1S/C48H42O10/c49-45(37-23-11-3-12-24-37)55-41(33-53-31-35-19-7-1-8-20-35)43(57-47(51)39-27-15-5-16-28-39)44(58-48(52)40-29-17-6-18-30-40)42(34-54-32-36-21-9-2-10-22-36)56-46(50)38-25-13-4-14-26-38/h1-30,41-44H,31-34H2/t41-,42-,43-,44+/m1/s1. The van der Waals surface area contributed by atoms with Crippen molar-refractivity contribution in [3.05, 3.63) is 215 Å². The molecule has 6 aromatic rings. The Morgan fingerprint density at radius 1 is 0.328 bits per heavy atom. The van der Waals surface area contributed by atoms with Gasteiger partial charge in [-0.15, -0.1) is 0 Å². The first-order chi connectivity index (χ1) is 28.4. The minimum absolute atomic E-state index is 0.0979. The lowest BCUT2D eigenvalue weighted by Crippen LogP contribution is -2.54. The van der Waals surface area contributed by atoms with E-state index in [0.29, 0.717) is 0 Å². The van der Waals surface area contributed by atoms with E-state index in [1.807, 2.05) is 60.7 Å². The maximum Gasteiger partial charge on any atom is 0.338 e. The van der Waals surface area contributed by atoms with Crippen LogP contribution >= 0.6 is 0 Å². The Balaban J connectivity index is 1.44. The Kier molecular flexibility index (Phi) is 15.1. The highest BCUT2D eigenvalue weighted by Gasteiger charge is 2.45. The first kappa shape index (κ1) is 40.8. The van der Waals surface area contributed by atoms with Crippen LogP contribution in [0.4, 0.5) is 0 Å². The molecule has 10 heteroatoms. The lowest BCUT2D eigenvalue weighted by molar-refractivity contribution is -0.147. The molecular formula is C48H42O10. The molecule has 0 unspecified atom stereocenters. The summed E-state index contributed by atoms with van der Waals surface area (Å²) in [6, 6.07) is 51.5. The number of esters is 4. The third kappa shape index (κ3) is 12.1. The summed E-state index contributed by atoms with van der Waals surface area (Å²) in [6.07, 6.45) is -6.11. The second-order valence-corrected chi connectivity index (χ2v) is 13.1. The lowest BCUT2D eigenvalue weighted by Gasteiger charge is -2.36. The number of hydrogen-bond acceptors (Lipinski definition) is 10. The molecular weight excluding hydrogens is 737 g/mol. The van der Waals surface area contributed by atoms with E-state index in [1.54, 1.807) is 121 Å². The van der Waals surface area contributed by atoms with Crippen LogP contribution in [0.5, 0.6) is 0 Å². The Bertz CT molecular complexity index is 2010. The van der Waals surface area contributed by atoms with E-state index in [2.05, 4.69) is 0 Å². The van der Waals surface area contributed by atoms with Crippen molar-refractivity contribution in [3.63, 3.8) is 0 Å². The van der Waals surface area contributed by atoms with Crippen molar-refractivity contribution in [2.45, 2.75) is 37.6 Å². The molecule has 0 N–H and O–H groups in total. The molecule has 0 aromatic heterocycles. The number of hydrogen-bond donors (Lipinski definition) is 0. The SMILES string of the molecule is O=C(O[C@H]([C@H](OC(=O)c1ccccc1)[C@@H](COCc1ccccc1)OC(=O)c1ccccc1)[C@@H](COCc1ccccc1)OC(=O)c1ccccc1)c1ccccc1. The molecule has 0 radical (unpaired) electrons. The fraction of sp³-hybridized carbons (Fsp3) is 0.167. The molecule has 6 rings (SSSR count). The number of rotatable bonds is 19. The monoisotopic (exact) mass is 778 g/mol. The van der Waals surface area contributed by atoms with Crippen LogP contribution in [0.25, 0.3) is 0 Å². The van der Waals surface area contributed by atoms with Crippen LogP contribution in [0.15, 0.2) is 182 Å². The van der Waals surface area contributed by atoms with Gasteiger partial charge in [0.1, 0.15) is 0 Å². The Morgan fingerprint density at radius 3 is 0.845 bits per heavy atom. The summed E-state index contributed by atoms with van der Waals surface area (Å²) in [4.78, 5) is 55.8. The summed E-state index contributed by atoms with van der Waals surface area (Å²) in [5.41, 5.74) is 2.39. The number of carbonyl (C=O) groups is 4. The zero-order chi connectivity index (χ0) is 40.4. The van der Waals surface area contributed by atoms with Crippen molar-refractivity contribution in [2.24, 2.45) is 0 Å². The minimum Gasteiger partial charge on any atom is -0.452 e. The lowest BCUT2D eigenvalue weighted by atomic mass is 10.0. The quantitative estimate of drug-likeness (QED) is 0.0586. The van der Waals surface area contributed by atoms with Gasteiger partial charge in [0, 0.05) is 0 Å². The highest BCUT2D eigenvalue weighted by atomic mass is 16.6. The van der Waals surface area contributed by atoms with E-state index in [4.69, 9.17) is 28.4 Å². The largest absolute Gasteiger partial charge is 0.452 e. The summed E-state index contributed by atoms with van der Waals surface area (Å²) in [6.45, 7) is -0.463. The molecule has 0 saturated carbocycles. The van der Waals surface area contributed by atoms with Gasteiger partial charge in [-0.05, 0) is 59.7 Å². The summed E-state index contributed by atoms with van der Waals surface area (Å²) < 4.78 is 37.1. The van der Waals surface area contributed by atoms with Gasteiger partial charge in [0.25, 0.3) is 0 Å². The van der Waals surface area contributed by atoms with Gasteiger partial charge in [-0.25, -0.2) is 19.2 Å².